The third kappa shape index (κ3) is 5.89. The molecular formula is C18H19NO5S2. The summed E-state index contributed by atoms with van der Waals surface area (Å²) >= 11 is 1.33. The summed E-state index contributed by atoms with van der Waals surface area (Å²) in [6.45, 7) is 1.20. The van der Waals surface area contributed by atoms with Crippen molar-refractivity contribution in [3.63, 3.8) is 0 Å². The van der Waals surface area contributed by atoms with Crippen LogP contribution in [0.2, 0.25) is 0 Å². The van der Waals surface area contributed by atoms with Crippen LogP contribution in [0.15, 0.2) is 64.4 Å². The Labute approximate surface area is 156 Å². The van der Waals surface area contributed by atoms with Crippen LogP contribution >= 0.6 is 11.8 Å². The van der Waals surface area contributed by atoms with Gasteiger partial charge in [-0.3, -0.25) is 9.59 Å². The van der Waals surface area contributed by atoms with Gasteiger partial charge in [0.05, 0.1) is 10.6 Å². The molecule has 0 unspecified atom stereocenters. The minimum Gasteiger partial charge on any atom is -0.455 e. The summed E-state index contributed by atoms with van der Waals surface area (Å²) in [5, 5.41) is 1.98. The van der Waals surface area contributed by atoms with Gasteiger partial charge in [0.1, 0.15) is 5.25 Å². The van der Waals surface area contributed by atoms with Crippen LogP contribution in [0.25, 0.3) is 0 Å². The van der Waals surface area contributed by atoms with Crippen LogP contribution in [0.1, 0.15) is 6.92 Å². The number of ether oxygens (including phenoxy) is 1. The lowest BCUT2D eigenvalue weighted by molar-refractivity contribution is -0.146. The van der Waals surface area contributed by atoms with Crippen LogP contribution in [-0.2, 0) is 24.2 Å². The highest BCUT2D eigenvalue weighted by atomic mass is 32.2. The zero-order valence-electron chi connectivity index (χ0n) is 14.3. The van der Waals surface area contributed by atoms with E-state index < -0.39 is 33.6 Å². The molecule has 2 aromatic rings. The summed E-state index contributed by atoms with van der Waals surface area (Å²) < 4.78 is 28.5. The Kier molecular flexibility index (Phi) is 6.82. The second kappa shape index (κ2) is 8.86. The highest BCUT2D eigenvalue weighted by molar-refractivity contribution is 8.00. The first-order valence-electron chi connectivity index (χ1n) is 7.74. The fourth-order valence-electron chi connectivity index (χ4n) is 2.08. The Morgan fingerprint density at radius 1 is 1.08 bits per heavy atom. The lowest BCUT2D eigenvalue weighted by Gasteiger charge is -2.12. The van der Waals surface area contributed by atoms with Crippen molar-refractivity contribution in [2.75, 3.05) is 18.2 Å². The summed E-state index contributed by atoms with van der Waals surface area (Å²) in [6.07, 6.45) is 1.06. The van der Waals surface area contributed by atoms with Crippen LogP contribution < -0.4 is 5.32 Å². The number of hydrogen-bond acceptors (Lipinski definition) is 6. The molecule has 0 heterocycles. The van der Waals surface area contributed by atoms with Crippen molar-refractivity contribution >= 4 is 39.2 Å². The molecule has 138 valence electrons. The number of esters is 1. The number of sulfone groups is 1. The van der Waals surface area contributed by atoms with Crippen molar-refractivity contribution in [1.29, 1.82) is 0 Å². The van der Waals surface area contributed by atoms with Crippen molar-refractivity contribution in [1.82, 2.24) is 0 Å². The molecule has 0 saturated carbocycles. The highest BCUT2D eigenvalue weighted by Gasteiger charge is 2.19. The Balaban J connectivity index is 1.90. The van der Waals surface area contributed by atoms with Gasteiger partial charge in [-0.2, -0.15) is 0 Å². The molecule has 0 spiro atoms. The standard InChI is InChI=1S/C18H19NO5S2/c1-13(25-14-8-4-3-5-9-14)18(21)24-12-17(20)19-15-10-6-7-11-16(15)26(2,22)23/h3-11,13H,12H2,1-2H3,(H,19,20)/t13-/m0/s1. The maximum Gasteiger partial charge on any atom is 0.319 e. The van der Waals surface area contributed by atoms with Crippen LogP contribution in [0.5, 0.6) is 0 Å². The summed E-state index contributed by atoms with van der Waals surface area (Å²) in [6, 6.07) is 15.4. The fourth-order valence-corrected chi connectivity index (χ4v) is 3.82. The molecule has 0 radical (unpaired) electrons. The minimum absolute atomic E-state index is 0.00711. The molecule has 0 fully saturated rings. The summed E-state index contributed by atoms with van der Waals surface area (Å²) in [4.78, 5) is 24.9. The van der Waals surface area contributed by atoms with Gasteiger partial charge in [-0.15, -0.1) is 11.8 Å². The molecule has 1 atom stereocenters. The van der Waals surface area contributed by atoms with Crippen LogP contribution in [0.3, 0.4) is 0 Å². The van der Waals surface area contributed by atoms with Crippen LogP contribution in [0.4, 0.5) is 5.69 Å². The third-order valence-electron chi connectivity index (χ3n) is 3.29. The molecular weight excluding hydrogens is 374 g/mol. The molecule has 26 heavy (non-hydrogen) atoms. The Bertz CT molecular complexity index is 881. The molecule has 0 aliphatic carbocycles. The largest absolute Gasteiger partial charge is 0.455 e. The normalized spacial score (nSPS) is 12.2. The average Bonchev–Trinajstić information content (AvgIpc) is 2.60. The molecule has 2 rings (SSSR count). The number of para-hydroxylation sites is 1. The van der Waals surface area contributed by atoms with E-state index in [1.165, 1.54) is 23.9 Å². The number of nitrogens with one attached hydrogen (secondary N) is 1. The predicted octanol–water partition coefficient (Wildman–Crippen LogP) is 2.75. The fraction of sp³-hybridized carbons (Fsp3) is 0.222. The lowest BCUT2D eigenvalue weighted by Crippen LogP contribution is -2.25. The van der Waals surface area contributed by atoms with Crippen molar-refractivity contribution < 1.29 is 22.7 Å². The number of hydrogen-bond donors (Lipinski definition) is 1. The van der Waals surface area contributed by atoms with Gasteiger partial charge in [0, 0.05) is 11.2 Å². The van der Waals surface area contributed by atoms with E-state index in [0.29, 0.717) is 0 Å². The van der Waals surface area contributed by atoms with Crippen LogP contribution in [-0.4, -0.2) is 38.4 Å². The van der Waals surface area contributed by atoms with Gasteiger partial charge in [-0.25, -0.2) is 8.42 Å². The Morgan fingerprint density at radius 3 is 2.35 bits per heavy atom. The highest BCUT2D eigenvalue weighted by Crippen LogP contribution is 2.23. The van der Waals surface area contributed by atoms with E-state index in [4.69, 9.17) is 4.74 Å². The maximum atomic E-state index is 12.0. The molecule has 0 aliphatic heterocycles. The zero-order valence-corrected chi connectivity index (χ0v) is 16.0. The van der Waals surface area contributed by atoms with E-state index in [1.807, 2.05) is 30.3 Å². The van der Waals surface area contributed by atoms with Gasteiger partial charge in [-0.05, 0) is 31.2 Å². The summed E-state index contributed by atoms with van der Waals surface area (Å²) in [7, 11) is -3.48. The first-order valence-corrected chi connectivity index (χ1v) is 10.5. The molecule has 0 aliphatic rings. The first-order chi connectivity index (χ1) is 12.3. The molecule has 1 amide bonds. The van der Waals surface area contributed by atoms with Crippen molar-refractivity contribution in [2.24, 2.45) is 0 Å². The molecule has 0 bridgehead atoms. The number of benzene rings is 2. The quantitative estimate of drug-likeness (QED) is 0.575. The number of amides is 1. The molecule has 0 aromatic heterocycles. The third-order valence-corrected chi connectivity index (χ3v) is 5.54. The SMILES string of the molecule is C[C@H](Sc1ccccc1)C(=O)OCC(=O)Nc1ccccc1S(C)(=O)=O. The molecule has 6 nitrogen and oxygen atoms in total. The molecule has 1 N–H and O–H groups in total. The Morgan fingerprint density at radius 2 is 1.69 bits per heavy atom. The van der Waals surface area contributed by atoms with Crippen molar-refractivity contribution in [3.8, 4) is 0 Å². The summed E-state index contributed by atoms with van der Waals surface area (Å²) in [5.41, 5.74) is 0.155. The number of carbonyl (C=O) groups is 2. The second-order valence-corrected chi connectivity index (χ2v) is 8.90. The number of rotatable bonds is 7. The topological polar surface area (TPSA) is 89.5 Å². The molecule has 0 saturated heterocycles. The lowest BCUT2D eigenvalue weighted by atomic mass is 10.3. The monoisotopic (exact) mass is 393 g/mol. The van der Waals surface area contributed by atoms with Gasteiger partial charge in [0.2, 0.25) is 0 Å². The predicted molar refractivity (Wildman–Crippen MR) is 101 cm³/mol. The maximum absolute atomic E-state index is 12.0. The van der Waals surface area contributed by atoms with Gasteiger partial charge in [0.25, 0.3) is 5.91 Å². The number of thioether (sulfide) groups is 1. The Hall–Kier alpha value is -2.32. The number of anilines is 1. The van der Waals surface area contributed by atoms with E-state index >= 15 is 0 Å². The van der Waals surface area contributed by atoms with E-state index in [2.05, 4.69) is 5.32 Å². The second-order valence-electron chi connectivity index (χ2n) is 5.50. The minimum atomic E-state index is -3.48. The van der Waals surface area contributed by atoms with Crippen LogP contribution in [0, 0.1) is 0 Å². The van der Waals surface area contributed by atoms with E-state index in [1.54, 1.807) is 19.1 Å². The van der Waals surface area contributed by atoms with Crippen molar-refractivity contribution in [3.05, 3.63) is 54.6 Å². The molecule has 2 aromatic carbocycles. The van der Waals surface area contributed by atoms with Gasteiger partial charge in [0.15, 0.2) is 16.4 Å². The van der Waals surface area contributed by atoms with Gasteiger partial charge >= 0.3 is 5.97 Å². The average molecular weight is 393 g/mol. The van der Waals surface area contributed by atoms with E-state index in [9.17, 15) is 18.0 Å². The number of carbonyl (C=O) groups excluding carboxylic acids is 2. The van der Waals surface area contributed by atoms with Crippen molar-refractivity contribution in [2.45, 2.75) is 22.0 Å². The van der Waals surface area contributed by atoms with Gasteiger partial charge in [-0.1, -0.05) is 30.3 Å². The van der Waals surface area contributed by atoms with Gasteiger partial charge < -0.3 is 10.1 Å². The molecule has 8 heteroatoms. The summed E-state index contributed by atoms with van der Waals surface area (Å²) in [5.74, 6) is -1.13. The zero-order chi connectivity index (χ0) is 19.2. The van der Waals surface area contributed by atoms with E-state index in [0.717, 1.165) is 11.2 Å². The smallest absolute Gasteiger partial charge is 0.319 e. The van der Waals surface area contributed by atoms with E-state index in [-0.39, 0.29) is 10.6 Å². The first kappa shape index (κ1) is 20.0.